The molecule has 1 aromatic heterocycles. The molecule has 1 aromatic rings. The first-order valence-electron chi connectivity index (χ1n) is 3.87. The van der Waals surface area contributed by atoms with E-state index in [1.165, 1.54) is 6.20 Å². The molecule has 0 amide bonds. The van der Waals surface area contributed by atoms with Gasteiger partial charge in [-0.1, -0.05) is 0 Å². The van der Waals surface area contributed by atoms with Gasteiger partial charge in [-0.3, -0.25) is 4.98 Å². The van der Waals surface area contributed by atoms with Gasteiger partial charge in [-0.2, -0.15) is 0 Å². The van der Waals surface area contributed by atoms with Crippen molar-refractivity contribution in [1.29, 1.82) is 0 Å². The molecule has 12 heavy (non-hydrogen) atoms. The molecule has 0 atom stereocenters. The third kappa shape index (κ3) is 2.49. The van der Waals surface area contributed by atoms with Gasteiger partial charge in [0.1, 0.15) is 0 Å². The zero-order valence-electron chi connectivity index (χ0n) is 7.56. The Labute approximate surface area is 71.8 Å². The highest BCUT2D eigenvalue weighted by atomic mass is 19.1. The van der Waals surface area contributed by atoms with Gasteiger partial charge in [0.15, 0.2) is 5.82 Å². The van der Waals surface area contributed by atoms with Crippen molar-refractivity contribution in [1.82, 2.24) is 4.98 Å². The fourth-order valence-electron chi connectivity index (χ4n) is 0.881. The number of hydrogen-bond donors (Lipinski definition) is 1. The van der Waals surface area contributed by atoms with Crippen LogP contribution in [0, 0.1) is 5.82 Å². The van der Waals surface area contributed by atoms with E-state index in [1.807, 2.05) is 20.8 Å². The summed E-state index contributed by atoms with van der Waals surface area (Å²) in [7, 11) is 0. The van der Waals surface area contributed by atoms with Crippen molar-refractivity contribution < 1.29 is 4.39 Å². The monoisotopic (exact) mass is 168 g/mol. The minimum absolute atomic E-state index is 0.123. The van der Waals surface area contributed by atoms with Crippen molar-refractivity contribution in [3.8, 4) is 0 Å². The number of hydrogen-bond acceptors (Lipinski definition) is 2. The van der Waals surface area contributed by atoms with Crippen molar-refractivity contribution in [2.75, 3.05) is 5.32 Å². The standard InChI is InChI=1S/C9H13FN2/c1-9(2,3)12-8-4-5-11-6-7(8)10/h4-6H,1-3H3,(H,11,12). The smallest absolute Gasteiger partial charge is 0.164 e. The van der Waals surface area contributed by atoms with E-state index in [4.69, 9.17) is 0 Å². The SMILES string of the molecule is CC(C)(C)Nc1ccncc1F. The van der Waals surface area contributed by atoms with Gasteiger partial charge in [0.25, 0.3) is 0 Å². The molecule has 0 spiro atoms. The van der Waals surface area contributed by atoms with Crippen LogP contribution in [0.1, 0.15) is 20.8 Å². The lowest BCUT2D eigenvalue weighted by atomic mass is 10.1. The Morgan fingerprint density at radius 2 is 2.08 bits per heavy atom. The van der Waals surface area contributed by atoms with Crippen LogP contribution >= 0.6 is 0 Å². The van der Waals surface area contributed by atoms with E-state index in [0.717, 1.165) is 0 Å². The number of anilines is 1. The lowest BCUT2D eigenvalue weighted by Crippen LogP contribution is -2.26. The summed E-state index contributed by atoms with van der Waals surface area (Å²) in [6, 6.07) is 1.63. The molecule has 0 fully saturated rings. The topological polar surface area (TPSA) is 24.9 Å². The zero-order valence-corrected chi connectivity index (χ0v) is 7.56. The van der Waals surface area contributed by atoms with Crippen molar-refractivity contribution in [3.05, 3.63) is 24.3 Å². The summed E-state index contributed by atoms with van der Waals surface area (Å²) in [6.45, 7) is 5.94. The molecular weight excluding hydrogens is 155 g/mol. The van der Waals surface area contributed by atoms with E-state index in [9.17, 15) is 4.39 Å². The molecule has 0 aliphatic carbocycles. The average Bonchev–Trinajstić information content (AvgIpc) is 1.91. The Bertz CT molecular complexity index is 265. The maximum absolute atomic E-state index is 13.0. The van der Waals surface area contributed by atoms with Crippen molar-refractivity contribution in [3.63, 3.8) is 0 Å². The quantitative estimate of drug-likeness (QED) is 0.696. The Kier molecular flexibility index (Phi) is 2.31. The normalized spacial score (nSPS) is 11.3. The molecule has 0 saturated heterocycles. The fourth-order valence-corrected chi connectivity index (χ4v) is 0.881. The Morgan fingerprint density at radius 1 is 1.42 bits per heavy atom. The largest absolute Gasteiger partial charge is 0.378 e. The van der Waals surface area contributed by atoms with Gasteiger partial charge in [-0.05, 0) is 26.8 Å². The average molecular weight is 168 g/mol. The second-order valence-electron chi connectivity index (χ2n) is 3.73. The van der Waals surface area contributed by atoms with Gasteiger partial charge < -0.3 is 5.32 Å². The number of halogens is 1. The van der Waals surface area contributed by atoms with Crippen molar-refractivity contribution in [2.24, 2.45) is 0 Å². The van der Waals surface area contributed by atoms with E-state index < -0.39 is 0 Å². The minimum atomic E-state index is -0.313. The molecule has 0 bridgehead atoms. The third-order valence-corrected chi connectivity index (χ3v) is 1.28. The summed E-state index contributed by atoms with van der Waals surface area (Å²) in [4.78, 5) is 3.66. The van der Waals surface area contributed by atoms with Gasteiger partial charge >= 0.3 is 0 Å². The Morgan fingerprint density at radius 3 is 2.58 bits per heavy atom. The second kappa shape index (κ2) is 3.09. The van der Waals surface area contributed by atoms with Gasteiger partial charge in [-0.15, -0.1) is 0 Å². The zero-order chi connectivity index (χ0) is 9.19. The molecule has 3 heteroatoms. The first-order chi connectivity index (χ1) is 5.49. The van der Waals surface area contributed by atoms with Gasteiger partial charge in [0, 0.05) is 11.7 Å². The van der Waals surface area contributed by atoms with Gasteiger partial charge in [0.05, 0.1) is 11.9 Å². The fraction of sp³-hybridized carbons (Fsp3) is 0.444. The highest BCUT2D eigenvalue weighted by molar-refractivity contribution is 5.44. The number of nitrogens with zero attached hydrogens (tertiary/aromatic N) is 1. The predicted molar refractivity (Wildman–Crippen MR) is 47.6 cm³/mol. The predicted octanol–water partition coefficient (Wildman–Crippen LogP) is 2.43. The summed E-state index contributed by atoms with van der Waals surface area (Å²) < 4.78 is 13.0. The van der Waals surface area contributed by atoms with Crippen LogP contribution in [0.25, 0.3) is 0 Å². The molecule has 2 nitrogen and oxygen atoms in total. The molecule has 0 radical (unpaired) electrons. The molecule has 0 unspecified atom stereocenters. The number of pyridine rings is 1. The summed E-state index contributed by atoms with van der Waals surface area (Å²) in [5, 5.41) is 3.03. The van der Waals surface area contributed by atoms with Gasteiger partial charge in [0.2, 0.25) is 0 Å². The van der Waals surface area contributed by atoms with E-state index in [1.54, 1.807) is 12.3 Å². The highest BCUT2D eigenvalue weighted by Crippen LogP contribution is 2.16. The molecule has 1 heterocycles. The summed E-state index contributed by atoms with van der Waals surface area (Å²) in [5.41, 5.74) is 0.375. The molecule has 0 saturated carbocycles. The Balaban J connectivity index is 2.83. The van der Waals surface area contributed by atoms with E-state index in [2.05, 4.69) is 10.3 Å². The highest BCUT2D eigenvalue weighted by Gasteiger charge is 2.11. The van der Waals surface area contributed by atoms with Crippen LogP contribution in [0.2, 0.25) is 0 Å². The van der Waals surface area contributed by atoms with E-state index in [0.29, 0.717) is 5.69 Å². The molecule has 1 rings (SSSR count). The maximum Gasteiger partial charge on any atom is 0.164 e. The van der Waals surface area contributed by atoms with Crippen LogP contribution in [-0.4, -0.2) is 10.5 Å². The van der Waals surface area contributed by atoms with Crippen LogP contribution in [0.4, 0.5) is 10.1 Å². The van der Waals surface area contributed by atoms with Crippen LogP contribution in [0.3, 0.4) is 0 Å². The number of rotatable bonds is 1. The summed E-state index contributed by atoms with van der Waals surface area (Å²) in [5.74, 6) is -0.313. The first kappa shape index (κ1) is 8.97. The van der Waals surface area contributed by atoms with Gasteiger partial charge in [-0.25, -0.2) is 4.39 Å². The van der Waals surface area contributed by atoms with Crippen LogP contribution < -0.4 is 5.32 Å². The molecule has 1 N–H and O–H groups in total. The number of nitrogens with one attached hydrogen (secondary N) is 1. The summed E-state index contributed by atoms with van der Waals surface area (Å²) in [6.07, 6.45) is 2.77. The van der Waals surface area contributed by atoms with E-state index in [-0.39, 0.29) is 11.4 Å². The van der Waals surface area contributed by atoms with Crippen molar-refractivity contribution in [2.45, 2.75) is 26.3 Å². The minimum Gasteiger partial charge on any atom is -0.378 e. The molecule has 0 aliphatic rings. The Hall–Kier alpha value is -1.12. The lowest BCUT2D eigenvalue weighted by Gasteiger charge is -2.22. The first-order valence-corrected chi connectivity index (χ1v) is 3.87. The summed E-state index contributed by atoms with van der Waals surface area (Å²) >= 11 is 0. The second-order valence-corrected chi connectivity index (χ2v) is 3.73. The number of aromatic nitrogens is 1. The van der Waals surface area contributed by atoms with Crippen LogP contribution in [0.15, 0.2) is 18.5 Å². The maximum atomic E-state index is 13.0. The molecule has 66 valence electrons. The molecule has 0 aliphatic heterocycles. The third-order valence-electron chi connectivity index (χ3n) is 1.28. The van der Waals surface area contributed by atoms with E-state index >= 15 is 0 Å². The van der Waals surface area contributed by atoms with Crippen LogP contribution in [0.5, 0.6) is 0 Å². The molecular formula is C9H13FN2. The van der Waals surface area contributed by atoms with Crippen molar-refractivity contribution >= 4 is 5.69 Å². The van der Waals surface area contributed by atoms with Crippen LogP contribution in [-0.2, 0) is 0 Å². The molecule has 0 aromatic carbocycles. The lowest BCUT2D eigenvalue weighted by molar-refractivity contribution is 0.594.